The quantitative estimate of drug-likeness (QED) is 0.442. The van der Waals surface area contributed by atoms with Crippen LogP contribution in [0.2, 0.25) is 0 Å². The summed E-state index contributed by atoms with van der Waals surface area (Å²) in [4.78, 5) is 15.4. The van der Waals surface area contributed by atoms with Gasteiger partial charge in [-0.1, -0.05) is 48.5 Å². The molecule has 1 unspecified atom stereocenters. The number of benzene rings is 3. The number of hydrogen-bond acceptors (Lipinski definition) is 3. The normalized spacial score (nSPS) is 16.8. The number of nitrogens with one attached hydrogen (secondary N) is 1. The maximum Gasteiger partial charge on any atom is 0.159 e. The van der Waals surface area contributed by atoms with Crippen LogP contribution in [-0.2, 0) is 6.54 Å². The zero-order valence-corrected chi connectivity index (χ0v) is 16.8. The Hall–Kier alpha value is -3.50. The molecule has 0 aliphatic carbocycles. The number of para-hydroxylation sites is 2. The first-order valence-corrected chi connectivity index (χ1v) is 10.4. The van der Waals surface area contributed by atoms with Gasteiger partial charge in [0.25, 0.3) is 0 Å². The van der Waals surface area contributed by atoms with Crippen LogP contribution < -0.4 is 0 Å². The summed E-state index contributed by atoms with van der Waals surface area (Å²) in [6.45, 7) is 1.94. The van der Waals surface area contributed by atoms with Gasteiger partial charge in [0, 0.05) is 47.4 Å². The van der Waals surface area contributed by atoms with Crippen molar-refractivity contribution in [1.29, 1.82) is 0 Å². The molecule has 0 saturated heterocycles. The molecular weight excluding hydrogens is 368 g/mol. The second kappa shape index (κ2) is 6.78. The van der Waals surface area contributed by atoms with E-state index in [0.717, 1.165) is 35.4 Å². The largest absolute Gasteiger partial charge is 0.358 e. The molecule has 30 heavy (non-hydrogen) atoms. The lowest BCUT2D eigenvalue weighted by atomic mass is 9.86. The summed E-state index contributed by atoms with van der Waals surface area (Å²) in [5, 5.41) is 2.33. The fourth-order valence-corrected chi connectivity index (χ4v) is 4.65. The molecule has 4 nitrogen and oxygen atoms in total. The van der Waals surface area contributed by atoms with Crippen LogP contribution in [0.1, 0.15) is 22.7 Å². The van der Waals surface area contributed by atoms with Crippen LogP contribution >= 0.6 is 0 Å². The van der Waals surface area contributed by atoms with E-state index in [1.807, 2.05) is 30.5 Å². The average Bonchev–Trinajstić information content (AvgIpc) is 3.22. The lowest BCUT2D eigenvalue weighted by molar-refractivity contribution is 0.294. The third kappa shape index (κ3) is 2.88. The molecule has 0 radical (unpaired) electrons. The predicted molar refractivity (Wildman–Crippen MR) is 121 cm³/mol. The van der Waals surface area contributed by atoms with Crippen molar-refractivity contribution in [3.05, 3.63) is 95.8 Å². The summed E-state index contributed by atoms with van der Waals surface area (Å²) in [5.74, 6) is 1.12. The van der Waals surface area contributed by atoms with Gasteiger partial charge < -0.3 is 9.88 Å². The van der Waals surface area contributed by atoms with Gasteiger partial charge in [-0.3, -0.25) is 0 Å². The highest BCUT2D eigenvalue weighted by molar-refractivity contribution is 5.81. The first kappa shape index (κ1) is 17.4. The molecule has 0 amide bonds. The highest BCUT2D eigenvalue weighted by Crippen LogP contribution is 2.35. The predicted octanol–water partition coefficient (Wildman–Crippen LogP) is 5.36. The second-order valence-corrected chi connectivity index (χ2v) is 8.23. The Morgan fingerprint density at radius 1 is 0.933 bits per heavy atom. The van der Waals surface area contributed by atoms with Gasteiger partial charge in [-0.25, -0.2) is 9.97 Å². The van der Waals surface area contributed by atoms with Gasteiger partial charge in [0.05, 0.1) is 5.52 Å². The summed E-state index contributed by atoms with van der Waals surface area (Å²) in [6.07, 6.45) is 1.91. The highest BCUT2D eigenvalue weighted by Gasteiger charge is 2.26. The summed E-state index contributed by atoms with van der Waals surface area (Å²) < 4.78 is 0. The van der Waals surface area contributed by atoms with Gasteiger partial charge in [0.1, 0.15) is 0 Å². The third-order valence-electron chi connectivity index (χ3n) is 6.13. The molecule has 4 heteroatoms. The lowest BCUT2D eigenvalue weighted by Gasteiger charge is -2.32. The minimum absolute atomic E-state index is 0.331. The maximum absolute atomic E-state index is 4.79. The van der Waals surface area contributed by atoms with Crippen molar-refractivity contribution in [2.24, 2.45) is 0 Å². The standard InChI is InChI=1S/C26H22N4/c1-30-15-20-12-18(26-27-14-19-7-3-5-9-24(19)29-26)10-11-21(20)22(16-30)25-13-17-6-2-4-8-23(17)28-25/h2-14,22,28H,15-16H2,1H3. The van der Waals surface area contributed by atoms with Crippen LogP contribution in [0.5, 0.6) is 0 Å². The fraction of sp³-hybridized carbons (Fsp3) is 0.154. The minimum atomic E-state index is 0.331. The van der Waals surface area contributed by atoms with Gasteiger partial charge in [-0.05, 0) is 47.8 Å². The number of fused-ring (bicyclic) bond motifs is 3. The van der Waals surface area contributed by atoms with E-state index in [-0.39, 0.29) is 0 Å². The first-order chi connectivity index (χ1) is 14.7. The van der Waals surface area contributed by atoms with Crippen LogP contribution in [0, 0.1) is 0 Å². The molecular formula is C26H22N4. The molecule has 1 aliphatic rings. The molecule has 2 aromatic heterocycles. The summed E-state index contributed by atoms with van der Waals surface area (Å²) in [5.41, 5.74) is 7.27. The van der Waals surface area contributed by atoms with Crippen LogP contribution in [0.25, 0.3) is 33.2 Å². The van der Waals surface area contributed by atoms with Gasteiger partial charge in [-0.15, -0.1) is 0 Å². The fourth-order valence-electron chi connectivity index (χ4n) is 4.65. The van der Waals surface area contributed by atoms with Crippen LogP contribution in [0.3, 0.4) is 0 Å². The Morgan fingerprint density at radius 2 is 1.77 bits per heavy atom. The number of likely N-dealkylation sites (N-methyl/N-ethyl adjacent to an activating group) is 1. The molecule has 146 valence electrons. The van der Waals surface area contributed by atoms with Crippen LogP contribution in [0.4, 0.5) is 0 Å². The molecule has 0 fully saturated rings. The Bertz CT molecular complexity index is 1350. The highest BCUT2D eigenvalue weighted by atomic mass is 15.1. The molecule has 1 N–H and O–H groups in total. The van der Waals surface area contributed by atoms with Crippen LogP contribution in [0.15, 0.2) is 79.0 Å². The van der Waals surface area contributed by atoms with Gasteiger partial charge in [0.15, 0.2) is 5.82 Å². The van der Waals surface area contributed by atoms with Crippen molar-refractivity contribution in [2.75, 3.05) is 13.6 Å². The number of hydrogen-bond donors (Lipinski definition) is 1. The third-order valence-corrected chi connectivity index (χ3v) is 6.13. The van der Waals surface area contributed by atoms with E-state index in [0.29, 0.717) is 5.92 Å². The molecule has 3 heterocycles. The summed E-state index contributed by atoms with van der Waals surface area (Å²) >= 11 is 0. The first-order valence-electron chi connectivity index (χ1n) is 10.4. The number of rotatable bonds is 2. The minimum Gasteiger partial charge on any atom is -0.358 e. The molecule has 0 bridgehead atoms. The second-order valence-electron chi connectivity index (χ2n) is 8.23. The van der Waals surface area contributed by atoms with E-state index in [1.54, 1.807) is 0 Å². The topological polar surface area (TPSA) is 44.8 Å². The molecule has 1 aliphatic heterocycles. The molecule has 0 spiro atoms. The summed E-state index contributed by atoms with van der Waals surface area (Å²) in [6, 6.07) is 25.6. The van der Waals surface area contributed by atoms with Crippen molar-refractivity contribution in [2.45, 2.75) is 12.5 Å². The van der Waals surface area contributed by atoms with Gasteiger partial charge in [0.2, 0.25) is 0 Å². The smallest absolute Gasteiger partial charge is 0.159 e. The Labute approximate surface area is 175 Å². The van der Waals surface area contributed by atoms with Crippen LogP contribution in [-0.4, -0.2) is 33.4 Å². The average molecular weight is 390 g/mol. The molecule has 3 aromatic carbocycles. The van der Waals surface area contributed by atoms with Crippen molar-refractivity contribution in [1.82, 2.24) is 19.9 Å². The molecule has 1 atom stereocenters. The number of aromatic nitrogens is 3. The van der Waals surface area contributed by atoms with Crippen molar-refractivity contribution in [3.8, 4) is 11.4 Å². The van der Waals surface area contributed by atoms with Crippen molar-refractivity contribution < 1.29 is 0 Å². The number of aromatic amines is 1. The molecule has 0 saturated carbocycles. The number of H-pyrrole nitrogens is 1. The van der Waals surface area contributed by atoms with Gasteiger partial charge in [-0.2, -0.15) is 0 Å². The zero-order valence-electron chi connectivity index (χ0n) is 16.8. The van der Waals surface area contributed by atoms with Crippen molar-refractivity contribution in [3.63, 3.8) is 0 Å². The van der Waals surface area contributed by atoms with E-state index in [9.17, 15) is 0 Å². The maximum atomic E-state index is 4.79. The monoisotopic (exact) mass is 390 g/mol. The van der Waals surface area contributed by atoms with E-state index >= 15 is 0 Å². The van der Waals surface area contributed by atoms with E-state index in [1.165, 1.54) is 27.7 Å². The Kier molecular flexibility index (Phi) is 3.93. The molecule has 5 aromatic rings. The van der Waals surface area contributed by atoms with E-state index in [2.05, 4.69) is 70.4 Å². The molecule has 6 rings (SSSR count). The van der Waals surface area contributed by atoms with Crippen molar-refractivity contribution >= 4 is 21.8 Å². The number of nitrogens with zero attached hydrogens (tertiary/aromatic N) is 3. The summed E-state index contributed by atoms with van der Waals surface area (Å²) in [7, 11) is 2.19. The SMILES string of the molecule is CN1Cc2cc(-c3ncc4ccccc4n3)ccc2C(c2cc3ccccc3[nH]2)C1. The zero-order chi connectivity index (χ0) is 20.1. The lowest BCUT2D eigenvalue weighted by Crippen LogP contribution is -2.31. The Morgan fingerprint density at radius 3 is 2.67 bits per heavy atom. The van der Waals surface area contributed by atoms with Gasteiger partial charge >= 0.3 is 0 Å². The van der Waals surface area contributed by atoms with E-state index < -0.39 is 0 Å². The Balaban J connectivity index is 1.43. The van der Waals surface area contributed by atoms with E-state index in [4.69, 9.17) is 4.98 Å².